The van der Waals surface area contributed by atoms with Gasteiger partial charge >= 0.3 is 0 Å². The zero-order chi connectivity index (χ0) is 17.7. The molecule has 0 aliphatic carbocycles. The molecular formula is C19H34N2O4. The molecule has 3 aliphatic rings. The normalized spacial score (nSPS) is 27.9. The van der Waals surface area contributed by atoms with Crippen LogP contribution in [0.3, 0.4) is 0 Å². The van der Waals surface area contributed by atoms with Crippen molar-refractivity contribution >= 4 is 5.91 Å². The van der Waals surface area contributed by atoms with Gasteiger partial charge in [-0.05, 0) is 37.5 Å². The summed E-state index contributed by atoms with van der Waals surface area (Å²) in [4.78, 5) is 17.4. The highest BCUT2D eigenvalue weighted by molar-refractivity contribution is 5.79. The van der Waals surface area contributed by atoms with Crippen molar-refractivity contribution in [1.29, 1.82) is 0 Å². The molecule has 6 heteroatoms. The topological polar surface area (TPSA) is 51.2 Å². The van der Waals surface area contributed by atoms with E-state index in [-0.39, 0.29) is 5.92 Å². The van der Waals surface area contributed by atoms with Crippen LogP contribution in [-0.2, 0) is 19.0 Å². The first kappa shape index (κ1) is 19.1. The van der Waals surface area contributed by atoms with Gasteiger partial charge in [0.1, 0.15) is 0 Å². The van der Waals surface area contributed by atoms with Crippen molar-refractivity contribution in [2.24, 2.45) is 11.3 Å². The summed E-state index contributed by atoms with van der Waals surface area (Å²) in [6.45, 7) is 6.94. The molecule has 0 aromatic heterocycles. The lowest BCUT2D eigenvalue weighted by Crippen LogP contribution is -2.47. The molecule has 3 fully saturated rings. The maximum Gasteiger partial charge on any atom is 0.225 e. The van der Waals surface area contributed by atoms with Gasteiger partial charge in [-0.3, -0.25) is 9.69 Å². The molecule has 1 atom stereocenters. The van der Waals surface area contributed by atoms with Gasteiger partial charge < -0.3 is 19.1 Å². The van der Waals surface area contributed by atoms with Gasteiger partial charge in [-0.1, -0.05) is 0 Å². The molecule has 0 aromatic carbocycles. The summed E-state index contributed by atoms with van der Waals surface area (Å²) in [7, 11) is 3.55. The number of rotatable bonds is 6. The fourth-order valence-electron chi connectivity index (χ4n) is 4.85. The van der Waals surface area contributed by atoms with E-state index in [1.54, 1.807) is 14.2 Å². The number of carbonyl (C=O) groups is 1. The van der Waals surface area contributed by atoms with Crippen LogP contribution in [0.4, 0.5) is 0 Å². The monoisotopic (exact) mass is 354 g/mol. The first-order chi connectivity index (χ1) is 12.2. The number of methoxy groups -OCH3 is 2. The molecule has 0 saturated carbocycles. The standard InChI is InChI=1S/C19H34N2O4/c1-23-12-9-21-15-19(13-17(21)14-24-2)5-7-20(8-6-19)18(22)16-3-10-25-11-4-16/h16-17H,3-15H2,1-2H3. The Labute approximate surface area is 151 Å². The second-order valence-electron chi connectivity index (χ2n) is 7.99. The van der Waals surface area contributed by atoms with Gasteiger partial charge in [0.05, 0.1) is 13.2 Å². The first-order valence-electron chi connectivity index (χ1n) is 9.76. The van der Waals surface area contributed by atoms with Gasteiger partial charge in [0.15, 0.2) is 0 Å². The zero-order valence-electron chi connectivity index (χ0n) is 15.9. The van der Waals surface area contributed by atoms with Crippen LogP contribution >= 0.6 is 0 Å². The minimum Gasteiger partial charge on any atom is -0.383 e. The van der Waals surface area contributed by atoms with Crippen molar-refractivity contribution in [2.75, 3.05) is 66.8 Å². The summed E-state index contributed by atoms with van der Waals surface area (Å²) in [6.07, 6.45) is 5.20. The summed E-state index contributed by atoms with van der Waals surface area (Å²) in [6, 6.07) is 0.484. The fraction of sp³-hybridized carbons (Fsp3) is 0.947. The Morgan fingerprint density at radius 1 is 1.16 bits per heavy atom. The minimum atomic E-state index is 0.186. The quantitative estimate of drug-likeness (QED) is 0.721. The van der Waals surface area contributed by atoms with Crippen molar-refractivity contribution < 1.29 is 19.0 Å². The van der Waals surface area contributed by atoms with E-state index in [2.05, 4.69) is 9.80 Å². The summed E-state index contributed by atoms with van der Waals surface area (Å²) in [5.74, 6) is 0.548. The molecule has 144 valence electrons. The number of piperidine rings is 1. The molecule has 1 unspecified atom stereocenters. The van der Waals surface area contributed by atoms with Gasteiger partial charge in [0.25, 0.3) is 0 Å². The van der Waals surface area contributed by atoms with Crippen LogP contribution in [0.15, 0.2) is 0 Å². The predicted molar refractivity (Wildman–Crippen MR) is 95.5 cm³/mol. The van der Waals surface area contributed by atoms with Crippen LogP contribution in [0.5, 0.6) is 0 Å². The Balaban J connectivity index is 1.54. The van der Waals surface area contributed by atoms with Crippen molar-refractivity contribution in [1.82, 2.24) is 9.80 Å². The van der Waals surface area contributed by atoms with E-state index >= 15 is 0 Å². The Kier molecular flexibility index (Phi) is 6.72. The van der Waals surface area contributed by atoms with Crippen molar-refractivity contribution in [2.45, 2.75) is 38.1 Å². The average molecular weight is 354 g/mol. The lowest BCUT2D eigenvalue weighted by atomic mass is 9.76. The van der Waals surface area contributed by atoms with E-state index in [1.165, 1.54) is 6.42 Å². The van der Waals surface area contributed by atoms with Gasteiger partial charge in [-0.2, -0.15) is 0 Å². The van der Waals surface area contributed by atoms with Crippen LogP contribution in [-0.4, -0.2) is 88.6 Å². The van der Waals surface area contributed by atoms with Crippen molar-refractivity contribution in [3.63, 3.8) is 0 Å². The van der Waals surface area contributed by atoms with E-state index in [4.69, 9.17) is 14.2 Å². The minimum absolute atomic E-state index is 0.186. The maximum atomic E-state index is 12.8. The molecule has 3 heterocycles. The predicted octanol–water partition coefficient (Wildman–Crippen LogP) is 1.39. The Hall–Kier alpha value is -0.690. The van der Waals surface area contributed by atoms with Crippen molar-refractivity contribution in [3.05, 3.63) is 0 Å². The molecule has 0 N–H and O–H groups in total. The largest absolute Gasteiger partial charge is 0.383 e. The molecule has 1 amide bonds. The smallest absolute Gasteiger partial charge is 0.225 e. The number of carbonyl (C=O) groups excluding carboxylic acids is 1. The lowest BCUT2D eigenvalue weighted by Gasteiger charge is -2.41. The second kappa shape index (κ2) is 8.80. The van der Waals surface area contributed by atoms with Crippen LogP contribution in [0, 0.1) is 11.3 Å². The fourth-order valence-corrected chi connectivity index (χ4v) is 4.85. The Morgan fingerprint density at radius 3 is 2.52 bits per heavy atom. The molecule has 0 radical (unpaired) electrons. The summed E-state index contributed by atoms with van der Waals surface area (Å²) < 4.78 is 16.1. The third-order valence-electron chi connectivity index (χ3n) is 6.37. The van der Waals surface area contributed by atoms with E-state index in [0.717, 1.165) is 78.3 Å². The molecule has 3 aliphatic heterocycles. The van der Waals surface area contributed by atoms with Gasteiger partial charge in [-0.25, -0.2) is 0 Å². The number of amides is 1. The number of hydrogen-bond donors (Lipinski definition) is 0. The highest BCUT2D eigenvalue weighted by Gasteiger charge is 2.46. The molecule has 6 nitrogen and oxygen atoms in total. The molecule has 3 saturated heterocycles. The van der Waals surface area contributed by atoms with E-state index in [9.17, 15) is 4.79 Å². The highest BCUT2D eigenvalue weighted by atomic mass is 16.5. The van der Waals surface area contributed by atoms with Crippen LogP contribution < -0.4 is 0 Å². The molecular weight excluding hydrogens is 320 g/mol. The van der Waals surface area contributed by atoms with Crippen LogP contribution in [0.2, 0.25) is 0 Å². The lowest BCUT2D eigenvalue weighted by molar-refractivity contribution is -0.140. The van der Waals surface area contributed by atoms with E-state index in [1.807, 2.05) is 0 Å². The molecule has 3 rings (SSSR count). The SMILES string of the molecule is COCCN1CC2(CCN(C(=O)C3CCOCC3)CC2)CC1COC. The van der Waals surface area contributed by atoms with Crippen LogP contribution in [0.1, 0.15) is 32.1 Å². The van der Waals surface area contributed by atoms with E-state index < -0.39 is 0 Å². The van der Waals surface area contributed by atoms with Gasteiger partial charge in [-0.15, -0.1) is 0 Å². The average Bonchev–Trinajstić information content (AvgIpc) is 2.98. The summed E-state index contributed by atoms with van der Waals surface area (Å²) >= 11 is 0. The van der Waals surface area contributed by atoms with Gasteiger partial charge in [0.2, 0.25) is 5.91 Å². The highest BCUT2D eigenvalue weighted by Crippen LogP contribution is 2.43. The van der Waals surface area contributed by atoms with E-state index in [0.29, 0.717) is 17.4 Å². The third kappa shape index (κ3) is 4.54. The summed E-state index contributed by atoms with van der Waals surface area (Å²) in [5.41, 5.74) is 0.351. The zero-order valence-corrected chi connectivity index (χ0v) is 15.9. The number of likely N-dealkylation sites (tertiary alicyclic amines) is 2. The molecule has 0 bridgehead atoms. The first-order valence-corrected chi connectivity index (χ1v) is 9.76. The number of ether oxygens (including phenoxy) is 3. The molecule has 0 aromatic rings. The third-order valence-corrected chi connectivity index (χ3v) is 6.37. The molecule has 25 heavy (non-hydrogen) atoms. The van der Waals surface area contributed by atoms with Crippen molar-refractivity contribution in [3.8, 4) is 0 Å². The number of hydrogen-bond acceptors (Lipinski definition) is 5. The second-order valence-corrected chi connectivity index (χ2v) is 7.99. The Morgan fingerprint density at radius 2 is 1.88 bits per heavy atom. The molecule has 1 spiro atoms. The Bertz CT molecular complexity index is 431. The number of nitrogens with zero attached hydrogens (tertiary/aromatic N) is 2. The van der Waals surface area contributed by atoms with Gasteiger partial charge in [0, 0.05) is 65.6 Å². The van der Waals surface area contributed by atoms with Crippen LogP contribution in [0.25, 0.3) is 0 Å². The maximum absolute atomic E-state index is 12.8. The summed E-state index contributed by atoms with van der Waals surface area (Å²) in [5, 5.41) is 0.